The Hall–Kier alpha value is -4.60. The Morgan fingerprint density at radius 2 is 1.44 bits per heavy atom. The van der Waals surface area contributed by atoms with Gasteiger partial charge in [-0.1, -0.05) is 0 Å². The Kier molecular flexibility index (Phi) is 8.01. The average Bonchev–Trinajstić information content (AvgIpc) is 2.83. The lowest BCUT2D eigenvalue weighted by Crippen LogP contribution is -2.17. The molecule has 0 heterocycles. The first-order valence-electron chi connectivity index (χ1n) is 10.1. The fourth-order valence-electron chi connectivity index (χ4n) is 2.75. The number of benzene rings is 3. The monoisotopic (exact) mass is 466 g/mol. The van der Waals surface area contributed by atoms with Crippen LogP contribution in [0.15, 0.2) is 72.8 Å². The molecule has 0 unspecified atom stereocenters. The van der Waals surface area contributed by atoms with Gasteiger partial charge in [0, 0.05) is 29.8 Å². The summed E-state index contributed by atoms with van der Waals surface area (Å²) < 4.78 is 23.4. The van der Waals surface area contributed by atoms with Crippen LogP contribution in [0.25, 0.3) is 0 Å². The zero-order chi connectivity index (χ0) is 24.5. The van der Waals surface area contributed by atoms with Crippen molar-refractivity contribution in [1.82, 2.24) is 0 Å². The summed E-state index contributed by atoms with van der Waals surface area (Å²) in [6.07, 6.45) is -0.374. The number of hydrogen-bond donors (Lipinski definition) is 1. The number of halogens is 1. The molecule has 0 radical (unpaired) electrons. The fraction of sp³-hybridized carbons (Fsp3) is 0.125. The lowest BCUT2D eigenvalue weighted by atomic mass is 10.1. The Balaban J connectivity index is 1.41. The van der Waals surface area contributed by atoms with Crippen molar-refractivity contribution in [3.8, 4) is 11.5 Å². The van der Waals surface area contributed by atoms with Crippen LogP contribution in [0.1, 0.15) is 23.2 Å². The van der Waals surface area contributed by atoms with Crippen molar-refractivity contribution in [1.29, 1.82) is 0 Å². The molecule has 1 N–H and O–H groups in total. The van der Waals surface area contributed by atoms with Crippen molar-refractivity contribution < 1.29 is 33.2 Å². The van der Waals surface area contributed by atoms with Crippen molar-refractivity contribution in [3.05, 3.63) is 94.3 Å². The van der Waals surface area contributed by atoms with Gasteiger partial charge in [-0.3, -0.25) is 24.5 Å². The van der Waals surface area contributed by atoms with Crippen molar-refractivity contribution in [2.45, 2.75) is 12.8 Å². The van der Waals surface area contributed by atoms with Gasteiger partial charge in [0.05, 0.1) is 11.3 Å². The first-order chi connectivity index (χ1) is 16.3. The third-order valence-electron chi connectivity index (χ3n) is 4.51. The number of carbonyl (C=O) groups excluding carboxylic acids is 3. The van der Waals surface area contributed by atoms with Gasteiger partial charge in [0.1, 0.15) is 17.3 Å². The van der Waals surface area contributed by atoms with E-state index < -0.39 is 35.0 Å². The molecule has 0 aliphatic rings. The van der Waals surface area contributed by atoms with Gasteiger partial charge < -0.3 is 14.8 Å². The molecule has 1 amide bonds. The quantitative estimate of drug-likeness (QED) is 0.199. The Labute approximate surface area is 193 Å². The van der Waals surface area contributed by atoms with E-state index in [9.17, 15) is 28.9 Å². The molecule has 0 bridgehead atoms. The van der Waals surface area contributed by atoms with Gasteiger partial charge >= 0.3 is 5.97 Å². The third kappa shape index (κ3) is 7.23. The topological polar surface area (TPSA) is 125 Å². The van der Waals surface area contributed by atoms with E-state index in [2.05, 4.69) is 5.32 Å². The van der Waals surface area contributed by atoms with Gasteiger partial charge in [0.2, 0.25) is 5.91 Å². The Morgan fingerprint density at radius 1 is 0.853 bits per heavy atom. The van der Waals surface area contributed by atoms with Crippen LogP contribution in [0.5, 0.6) is 11.5 Å². The number of amides is 1. The maximum atomic E-state index is 12.9. The summed E-state index contributed by atoms with van der Waals surface area (Å²) in [5.74, 6) is -1.22. The van der Waals surface area contributed by atoms with Gasteiger partial charge in [-0.2, -0.15) is 0 Å². The molecule has 10 heteroatoms. The summed E-state index contributed by atoms with van der Waals surface area (Å²) in [6, 6.07) is 16.8. The number of ether oxygens (including phenoxy) is 2. The minimum atomic E-state index is -0.708. The van der Waals surface area contributed by atoms with E-state index in [0.717, 1.165) is 0 Å². The lowest BCUT2D eigenvalue weighted by molar-refractivity contribution is -0.384. The van der Waals surface area contributed by atoms with Crippen molar-refractivity contribution in [2.75, 3.05) is 11.9 Å². The maximum Gasteiger partial charge on any atom is 0.306 e. The smallest absolute Gasteiger partial charge is 0.306 e. The molecule has 0 saturated heterocycles. The van der Waals surface area contributed by atoms with E-state index in [4.69, 9.17) is 9.47 Å². The molecular weight excluding hydrogens is 447 g/mol. The van der Waals surface area contributed by atoms with E-state index in [1.807, 2.05) is 0 Å². The molecule has 3 aromatic rings. The first-order valence-corrected chi connectivity index (χ1v) is 10.1. The van der Waals surface area contributed by atoms with E-state index >= 15 is 0 Å². The lowest BCUT2D eigenvalue weighted by Gasteiger charge is -2.08. The summed E-state index contributed by atoms with van der Waals surface area (Å²) in [5.41, 5.74) is 0.630. The number of ketones is 1. The summed E-state index contributed by atoms with van der Waals surface area (Å²) in [7, 11) is 0. The Bertz CT molecular complexity index is 1180. The number of non-ortho nitro benzene ring substituents is 1. The number of carbonyl (C=O) groups is 3. The van der Waals surface area contributed by atoms with Gasteiger partial charge in [-0.15, -0.1) is 0 Å². The number of anilines is 1. The molecule has 0 atom stereocenters. The van der Waals surface area contributed by atoms with Gasteiger partial charge in [0.15, 0.2) is 12.4 Å². The van der Waals surface area contributed by atoms with E-state index in [-0.39, 0.29) is 24.1 Å². The second kappa shape index (κ2) is 11.3. The predicted molar refractivity (Wildman–Crippen MR) is 119 cm³/mol. The van der Waals surface area contributed by atoms with Gasteiger partial charge in [-0.05, 0) is 60.7 Å². The van der Waals surface area contributed by atoms with Crippen LogP contribution in [0.2, 0.25) is 0 Å². The molecule has 174 valence electrons. The number of nitro benzene ring substituents is 1. The van der Waals surface area contributed by atoms with Gasteiger partial charge in [-0.25, -0.2) is 4.39 Å². The normalized spacial score (nSPS) is 10.3. The molecular formula is C24H19FN2O7. The molecule has 3 rings (SSSR count). The number of hydrogen-bond acceptors (Lipinski definition) is 7. The molecule has 0 spiro atoms. The van der Waals surface area contributed by atoms with E-state index in [1.165, 1.54) is 72.8 Å². The van der Waals surface area contributed by atoms with Crippen LogP contribution < -0.4 is 10.1 Å². The molecule has 0 aliphatic carbocycles. The summed E-state index contributed by atoms with van der Waals surface area (Å²) in [4.78, 5) is 46.1. The summed E-state index contributed by atoms with van der Waals surface area (Å²) >= 11 is 0. The zero-order valence-electron chi connectivity index (χ0n) is 17.7. The van der Waals surface area contributed by atoms with Crippen LogP contribution in [0, 0.1) is 15.9 Å². The highest BCUT2D eigenvalue weighted by Crippen LogP contribution is 2.24. The molecule has 0 saturated carbocycles. The minimum Gasteiger partial charge on any atom is -0.457 e. The third-order valence-corrected chi connectivity index (χ3v) is 4.51. The fourth-order valence-corrected chi connectivity index (χ4v) is 2.75. The summed E-state index contributed by atoms with van der Waals surface area (Å²) in [5, 5.41) is 13.2. The number of Topliss-reactive ketones (excluding diaryl/α,β-unsaturated/α-hetero) is 1. The first kappa shape index (κ1) is 24.1. The number of nitrogens with one attached hydrogen (secondary N) is 1. The van der Waals surface area contributed by atoms with Crippen molar-refractivity contribution in [2.24, 2.45) is 0 Å². The molecule has 9 nitrogen and oxygen atoms in total. The van der Waals surface area contributed by atoms with E-state index in [1.54, 1.807) is 0 Å². The minimum absolute atomic E-state index is 0.0589. The molecule has 34 heavy (non-hydrogen) atoms. The summed E-state index contributed by atoms with van der Waals surface area (Å²) in [6.45, 7) is -0.485. The number of rotatable bonds is 10. The SMILES string of the molecule is O=C(CCC(=O)OCC(=O)c1ccc(Oc2ccc([N+](=O)[O-])cc2)cc1)Nc1ccc(F)cc1. The highest BCUT2D eigenvalue weighted by atomic mass is 19.1. The van der Waals surface area contributed by atoms with E-state index in [0.29, 0.717) is 17.2 Å². The van der Waals surface area contributed by atoms with Crippen LogP contribution in [0.3, 0.4) is 0 Å². The number of nitrogens with zero attached hydrogens (tertiary/aromatic N) is 1. The van der Waals surface area contributed by atoms with Crippen molar-refractivity contribution >= 4 is 29.0 Å². The highest BCUT2D eigenvalue weighted by Gasteiger charge is 2.13. The largest absolute Gasteiger partial charge is 0.457 e. The second-order valence-electron chi connectivity index (χ2n) is 7.02. The van der Waals surface area contributed by atoms with Crippen LogP contribution >= 0.6 is 0 Å². The number of esters is 1. The predicted octanol–water partition coefficient (Wildman–Crippen LogP) is 4.67. The standard InChI is InChI=1S/C24H19FN2O7/c25-17-3-5-18(6-4-17)26-23(29)13-14-24(30)33-15-22(28)16-1-9-20(10-2-16)34-21-11-7-19(8-12-21)27(31)32/h1-12H,13-15H2,(H,26,29). The van der Waals surface area contributed by atoms with Crippen molar-refractivity contribution in [3.63, 3.8) is 0 Å². The molecule has 3 aromatic carbocycles. The Morgan fingerprint density at radius 3 is 2.03 bits per heavy atom. The van der Waals surface area contributed by atoms with Crippen LogP contribution in [-0.4, -0.2) is 29.2 Å². The molecule has 0 aliphatic heterocycles. The molecule has 0 fully saturated rings. The highest BCUT2D eigenvalue weighted by molar-refractivity contribution is 5.98. The van der Waals surface area contributed by atoms with Crippen LogP contribution in [0.4, 0.5) is 15.8 Å². The molecule has 0 aromatic heterocycles. The average molecular weight is 466 g/mol. The van der Waals surface area contributed by atoms with Gasteiger partial charge in [0.25, 0.3) is 5.69 Å². The van der Waals surface area contributed by atoms with Crippen LogP contribution in [-0.2, 0) is 14.3 Å². The second-order valence-corrected chi connectivity index (χ2v) is 7.02. The number of nitro groups is 1. The maximum absolute atomic E-state index is 12.9. The zero-order valence-corrected chi connectivity index (χ0v) is 17.7.